The van der Waals surface area contributed by atoms with Gasteiger partial charge in [0.15, 0.2) is 0 Å². The van der Waals surface area contributed by atoms with E-state index < -0.39 is 11.9 Å². The van der Waals surface area contributed by atoms with Gasteiger partial charge < -0.3 is 14.6 Å². The van der Waals surface area contributed by atoms with Gasteiger partial charge in [0.05, 0.1) is 19.3 Å². The molecule has 0 fully saturated rings. The molecule has 1 N–H and O–H groups in total. The standard InChI is InChI=1S/C18H20O4.C5H8O2/c1-2-3-14-22-18(21)16(10-7-11-17(19)20)13-12-15-8-5-4-6-9-15;1-4(2)5(6)7-3/h4-13H,2-3,14H2,1H3,(H,19,20);1H2,2-3H3. The van der Waals surface area contributed by atoms with Crippen LogP contribution < -0.4 is 0 Å². The van der Waals surface area contributed by atoms with Crippen LogP contribution in [0, 0.1) is 0 Å². The van der Waals surface area contributed by atoms with Crippen molar-refractivity contribution in [3.8, 4) is 0 Å². The summed E-state index contributed by atoms with van der Waals surface area (Å²) in [5.41, 5.74) is 1.68. The molecule has 6 heteroatoms. The second-order valence-electron chi connectivity index (χ2n) is 5.82. The summed E-state index contributed by atoms with van der Waals surface area (Å²) in [6.07, 6.45) is 8.85. The van der Waals surface area contributed by atoms with Crippen molar-refractivity contribution >= 4 is 24.0 Å². The number of unbranched alkanes of at least 4 members (excludes halogenated alkanes) is 1. The summed E-state index contributed by atoms with van der Waals surface area (Å²) in [5.74, 6) is -1.88. The zero-order valence-electron chi connectivity index (χ0n) is 17.1. The number of ether oxygens (including phenoxy) is 2. The van der Waals surface area contributed by atoms with Gasteiger partial charge in [-0.2, -0.15) is 0 Å². The number of carboxylic acid groups (broad SMARTS) is 1. The topological polar surface area (TPSA) is 89.9 Å². The zero-order chi connectivity index (χ0) is 22.1. The molecule has 0 amide bonds. The Morgan fingerprint density at radius 1 is 1.10 bits per heavy atom. The van der Waals surface area contributed by atoms with Crippen molar-refractivity contribution in [3.05, 3.63) is 77.9 Å². The van der Waals surface area contributed by atoms with E-state index in [4.69, 9.17) is 9.84 Å². The van der Waals surface area contributed by atoms with E-state index in [9.17, 15) is 14.4 Å². The fraction of sp³-hybridized carbons (Fsp3) is 0.261. The van der Waals surface area contributed by atoms with Crippen LogP contribution in [-0.2, 0) is 23.9 Å². The Morgan fingerprint density at radius 2 is 1.76 bits per heavy atom. The van der Waals surface area contributed by atoms with Crippen molar-refractivity contribution in [1.29, 1.82) is 0 Å². The van der Waals surface area contributed by atoms with Gasteiger partial charge in [0, 0.05) is 11.6 Å². The first-order valence-corrected chi connectivity index (χ1v) is 9.07. The first-order chi connectivity index (χ1) is 13.8. The van der Waals surface area contributed by atoms with E-state index >= 15 is 0 Å². The van der Waals surface area contributed by atoms with Crippen LogP contribution in [0.15, 0.2) is 72.4 Å². The predicted octanol–water partition coefficient (Wildman–Crippen LogP) is 4.35. The van der Waals surface area contributed by atoms with Gasteiger partial charge >= 0.3 is 17.9 Å². The summed E-state index contributed by atoms with van der Waals surface area (Å²) in [6, 6.07) is 9.51. The molecule has 1 aromatic carbocycles. The number of benzene rings is 1. The fourth-order valence-corrected chi connectivity index (χ4v) is 1.74. The number of aliphatic carboxylic acids is 1. The highest BCUT2D eigenvalue weighted by Gasteiger charge is 2.06. The molecule has 0 bridgehead atoms. The number of carboxylic acids is 1. The molecule has 0 aliphatic carbocycles. The van der Waals surface area contributed by atoms with E-state index in [1.54, 1.807) is 19.1 Å². The first kappa shape index (κ1) is 25.6. The van der Waals surface area contributed by atoms with Gasteiger partial charge in [0.1, 0.15) is 0 Å². The van der Waals surface area contributed by atoms with Crippen molar-refractivity contribution in [2.45, 2.75) is 26.7 Å². The van der Waals surface area contributed by atoms with Gasteiger partial charge in [0.25, 0.3) is 0 Å². The minimum Gasteiger partial charge on any atom is -0.478 e. The van der Waals surface area contributed by atoms with Crippen LogP contribution in [0.5, 0.6) is 0 Å². The van der Waals surface area contributed by atoms with Crippen molar-refractivity contribution < 1.29 is 29.0 Å². The number of carbonyl (C=O) groups excluding carboxylic acids is 2. The lowest BCUT2D eigenvalue weighted by Gasteiger charge is -2.04. The SMILES string of the molecule is C=C(C)C(=O)OC.CCCCOC(=O)C(C=Cc1ccccc1)=CC=CC(=O)O. The third kappa shape index (κ3) is 13.4. The minimum atomic E-state index is -1.07. The maximum absolute atomic E-state index is 12.0. The average molecular weight is 400 g/mol. The summed E-state index contributed by atoms with van der Waals surface area (Å²) in [7, 11) is 1.33. The maximum Gasteiger partial charge on any atom is 0.338 e. The van der Waals surface area contributed by atoms with Crippen LogP contribution in [0.2, 0.25) is 0 Å². The molecule has 0 heterocycles. The van der Waals surface area contributed by atoms with Crippen molar-refractivity contribution in [3.63, 3.8) is 0 Å². The highest BCUT2D eigenvalue weighted by atomic mass is 16.5. The summed E-state index contributed by atoms with van der Waals surface area (Å²) in [5, 5.41) is 8.60. The molecule has 0 unspecified atom stereocenters. The van der Waals surface area contributed by atoms with E-state index in [-0.39, 0.29) is 5.97 Å². The molecule has 0 aliphatic heterocycles. The van der Waals surface area contributed by atoms with Crippen molar-refractivity contribution in [1.82, 2.24) is 0 Å². The molecule has 0 saturated heterocycles. The van der Waals surface area contributed by atoms with Crippen LogP contribution in [0.1, 0.15) is 32.3 Å². The van der Waals surface area contributed by atoms with Gasteiger partial charge in [-0.1, -0.05) is 62.4 Å². The Kier molecular flexibility index (Phi) is 13.8. The van der Waals surface area contributed by atoms with E-state index in [2.05, 4.69) is 11.3 Å². The molecule has 6 nitrogen and oxygen atoms in total. The number of carbonyl (C=O) groups is 3. The Labute approximate surface area is 171 Å². The van der Waals surface area contributed by atoms with E-state index in [1.807, 2.05) is 37.3 Å². The lowest BCUT2D eigenvalue weighted by molar-refractivity contribution is -0.139. The zero-order valence-corrected chi connectivity index (χ0v) is 17.1. The average Bonchev–Trinajstić information content (AvgIpc) is 2.70. The molecule has 0 atom stereocenters. The highest BCUT2D eigenvalue weighted by molar-refractivity contribution is 5.93. The molecule has 1 aromatic rings. The third-order valence-corrected chi connectivity index (χ3v) is 3.27. The second kappa shape index (κ2) is 15.6. The second-order valence-corrected chi connectivity index (χ2v) is 5.82. The van der Waals surface area contributed by atoms with Gasteiger partial charge in [-0.15, -0.1) is 0 Å². The summed E-state index contributed by atoms with van der Waals surface area (Å²) in [4.78, 5) is 32.7. The number of methoxy groups -OCH3 is 1. The number of rotatable bonds is 9. The van der Waals surface area contributed by atoms with Crippen LogP contribution >= 0.6 is 0 Å². The van der Waals surface area contributed by atoms with Gasteiger partial charge in [-0.05, 0) is 31.1 Å². The Morgan fingerprint density at radius 3 is 2.24 bits per heavy atom. The summed E-state index contributed by atoms with van der Waals surface area (Å²) >= 11 is 0. The Balaban J connectivity index is 0.000000956. The normalized spacial score (nSPS) is 10.9. The molecule has 0 aromatic heterocycles. The monoisotopic (exact) mass is 400 g/mol. The van der Waals surface area contributed by atoms with Crippen LogP contribution in [0.25, 0.3) is 6.08 Å². The van der Waals surface area contributed by atoms with Crippen molar-refractivity contribution in [2.75, 3.05) is 13.7 Å². The molecular weight excluding hydrogens is 372 g/mol. The highest BCUT2D eigenvalue weighted by Crippen LogP contribution is 2.08. The fourth-order valence-electron chi connectivity index (χ4n) is 1.74. The first-order valence-electron chi connectivity index (χ1n) is 9.07. The molecule has 29 heavy (non-hydrogen) atoms. The Bertz CT molecular complexity index is 757. The number of esters is 2. The van der Waals surface area contributed by atoms with Crippen LogP contribution in [0.4, 0.5) is 0 Å². The van der Waals surface area contributed by atoms with Crippen LogP contribution in [0.3, 0.4) is 0 Å². The number of hydrogen-bond acceptors (Lipinski definition) is 5. The molecule has 1 rings (SSSR count). The molecule has 156 valence electrons. The molecule has 0 spiro atoms. The molecule has 0 aliphatic rings. The van der Waals surface area contributed by atoms with Gasteiger partial charge in [0.2, 0.25) is 0 Å². The Hall–Kier alpha value is -3.41. The van der Waals surface area contributed by atoms with Gasteiger partial charge in [-0.25, -0.2) is 14.4 Å². The van der Waals surface area contributed by atoms with Crippen LogP contribution in [-0.4, -0.2) is 36.7 Å². The summed E-state index contributed by atoms with van der Waals surface area (Å²) in [6.45, 7) is 7.32. The lowest BCUT2D eigenvalue weighted by Crippen LogP contribution is -2.07. The van der Waals surface area contributed by atoms with Crippen molar-refractivity contribution in [2.24, 2.45) is 0 Å². The minimum absolute atomic E-state index is 0.303. The molecular formula is C23H28O6. The van der Waals surface area contributed by atoms with E-state index in [0.717, 1.165) is 24.5 Å². The molecule has 0 saturated carbocycles. The third-order valence-electron chi connectivity index (χ3n) is 3.27. The predicted molar refractivity (Wildman–Crippen MR) is 113 cm³/mol. The lowest BCUT2D eigenvalue weighted by atomic mass is 10.1. The molecule has 0 radical (unpaired) electrons. The maximum atomic E-state index is 12.0. The summed E-state index contributed by atoms with van der Waals surface area (Å²) < 4.78 is 9.42. The number of hydrogen-bond donors (Lipinski definition) is 1. The number of allylic oxidation sites excluding steroid dienone is 2. The smallest absolute Gasteiger partial charge is 0.338 e. The quantitative estimate of drug-likeness (QED) is 0.287. The van der Waals surface area contributed by atoms with E-state index in [0.29, 0.717) is 17.8 Å². The van der Waals surface area contributed by atoms with E-state index in [1.165, 1.54) is 19.3 Å². The van der Waals surface area contributed by atoms with Gasteiger partial charge in [-0.3, -0.25) is 0 Å². The largest absolute Gasteiger partial charge is 0.478 e.